The van der Waals surface area contributed by atoms with Gasteiger partial charge in [-0.1, -0.05) is 18.2 Å². The summed E-state index contributed by atoms with van der Waals surface area (Å²) in [5.74, 6) is 1.49. The van der Waals surface area contributed by atoms with Crippen molar-refractivity contribution in [2.75, 3.05) is 13.2 Å². The number of rotatable bonds is 6. The maximum atomic E-state index is 8.83. The monoisotopic (exact) mass is 269 g/mol. The molecular weight excluding hydrogens is 246 g/mol. The SMILES string of the molecule is C=CCOCC[C@H]1CC[C@H](c2ccc(C#N)cc2)CC1. The molecule has 0 bridgehead atoms. The minimum absolute atomic E-state index is 0.667. The van der Waals surface area contributed by atoms with Gasteiger partial charge in [0.2, 0.25) is 0 Å². The molecule has 0 saturated heterocycles. The second-order valence-corrected chi connectivity index (χ2v) is 5.60. The van der Waals surface area contributed by atoms with Crippen LogP contribution in [0.25, 0.3) is 0 Å². The minimum Gasteiger partial charge on any atom is -0.377 e. The second-order valence-electron chi connectivity index (χ2n) is 5.60. The molecule has 0 unspecified atom stereocenters. The van der Waals surface area contributed by atoms with Crippen LogP contribution in [-0.4, -0.2) is 13.2 Å². The fourth-order valence-electron chi connectivity index (χ4n) is 3.03. The lowest BCUT2D eigenvalue weighted by atomic mass is 9.77. The number of ether oxygens (including phenoxy) is 1. The molecule has 1 saturated carbocycles. The lowest BCUT2D eigenvalue weighted by Gasteiger charge is -2.28. The molecule has 106 valence electrons. The molecule has 0 radical (unpaired) electrons. The molecule has 20 heavy (non-hydrogen) atoms. The largest absolute Gasteiger partial charge is 0.377 e. The van der Waals surface area contributed by atoms with E-state index in [-0.39, 0.29) is 0 Å². The average molecular weight is 269 g/mol. The summed E-state index contributed by atoms with van der Waals surface area (Å²) in [6.45, 7) is 5.18. The predicted molar refractivity (Wildman–Crippen MR) is 81.5 cm³/mol. The number of nitriles is 1. The molecule has 1 aliphatic rings. The van der Waals surface area contributed by atoms with Gasteiger partial charge in [-0.15, -0.1) is 6.58 Å². The fraction of sp³-hybridized carbons (Fsp3) is 0.500. The van der Waals surface area contributed by atoms with Crippen LogP contribution >= 0.6 is 0 Å². The number of nitrogens with zero attached hydrogens (tertiary/aromatic N) is 1. The van der Waals surface area contributed by atoms with Crippen molar-refractivity contribution < 1.29 is 4.74 Å². The van der Waals surface area contributed by atoms with Gasteiger partial charge in [-0.2, -0.15) is 5.26 Å². The first-order chi connectivity index (χ1) is 9.83. The Morgan fingerprint density at radius 3 is 2.50 bits per heavy atom. The Morgan fingerprint density at radius 1 is 1.20 bits per heavy atom. The zero-order valence-corrected chi connectivity index (χ0v) is 12.1. The Kier molecular flexibility index (Phi) is 5.83. The van der Waals surface area contributed by atoms with Gasteiger partial charge in [0.25, 0.3) is 0 Å². The Bertz CT molecular complexity index is 449. The molecule has 1 aromatic carbocycles. The van der Waals surface area contributed by atoms with Crippen LogP contribution in [0.4, 0.5) is 0 Å². The van der Waals surface area contributed by atoms with E-state index in [9.17, 15) is 0 Å². The number of benzene rings is 1. The molecule has 0 spiro atoms. The van der Waals surface area contributed by atoms with Crippen LogP contribution in [0.3, 0.4) is 0 Å². The van der Waals surface area contributed by atoms with Crippen LogP contribution in [0, 0.1) is 17.2 Å². The van der Waals surface area contributed by atoms with E-state index in [1.807, 2.05) is 18.2 Å². The van der Waals surface area contributed by atoms with Crippen LogP contribution < -0.4 is 0 Å². The molecule has 2 rings (SSSR count). The standard InChI is InChI=1S/C18H23NO/c1-2-12-20-13-11-15-3-7-17(8-4-15)18-9-5-16(14-19)6-10-18/h2,5-6,9-10,15,17H,1,3-4,7-8,11-13H2/t15-,17-. The van der Waals surface area contributed by atoms with Crippen LogP contribution in [0.15, 0.2) is 36.9 Å². The highest BCUT2D eigenvalue weighted by Gasteiger charge is 2.22. The van der Waals surface area contributed by atoms with Crippen molar-refractivity contribution in [3.05, 3.63) is 48.0 Å². The first kappa shape index (κ1) is 14.8. The average Bonchev–Trinajstić information content (AvgIpc) is 2.52. The molecular formula is C18H23NO. The van der Waals surface area contributed by atoms with E-state index in [1.54, 1.807) is 0 Å². The normalized spacial score (nSPS) is 22.1. The second kappa shape index (κ2) is 7.87. The Hall–Kier alpha value is -1.59. The van der Waals surface area contributed by atoms with E-state index in [0.29, 0.717) is 12.5 Å². The third-order valence-electron chi connectivity index (χ3n) is 4.26. The predicted octanol–water partition coefficient (Wildman–Crippen LogP) is 4.42. The maximum absolute atomic E-state index is 8.83. The van der Waals surface area contributed by atoms with E-state index in [0.717, 1.165) is 18.1 Å². The molecule has 0 N–H and O–H groups in total. The van der Waals surface area contributed by atoms with Crippen molar-refractivity contribution in [2.24, 2.45) is 5.92 Å². The summed E-state index contributed by atoms with van der Waals surface area (Å²) in [5.41, 5.74) is 2.15. The highest BCUT2D eigenvalue weighted by Crippen LogP contribution is 2.37. The van der Waals surface area contributed by atoms with Gasteiger partial charge in [0.05, 0.1) is 18.2 Å². The first-order valence-corrected chi connectivity index (χ1v) is 7.52. The lowest BCUT2D eigenvalue weighted by Crippen LogP contribution is -2.15. The summed E-state index contributed by atoms with van der Waals surface area (Å²) in [5, 5.41) is 8.83. The molecule has 0 aliphatic heterocycles. The Balaban J connectivity index is 1.76. The van der Waals surface area contributed by atoms with Gasteiger partial charge in [-0.25, -0.2) is 0 Å². The molecule has 2 nitrogen and oxygen atoms in total. The third kappa shape index (κ3) is 4.21. The zero-order valence-electron chi connectivity index (χ0n) is 12.1. The van der Waals surface area contributed by atoms with Crippen molar-refractivity contribution in [1.29, 1.82) is 5.26 Å². The van der Waals surface area contributed by atoms with Crippen LogP contribution in [0.2, 0.25) is 0 Å². The summed E-state index contributed by atoms with van der Waals surface area (Å²) in [4.78, 5) is 0. The maximum Gasteiger partial charge on any atom is 0.0991 e. The van der Waals surface area contributed by atoms with Crippen LogP contribution in [0.5, 0.6) is 0 Å². The van der Waals surface area contributed by atoms with E-state index in [2.05, 4.69) is 24.8 Å². The highest BCUT2D eigenvalue weighted by molar-refractivity contribution is 5.33. The number of hydrogen-bond acceptors (Lipinski definition) is 2. The minimum atomic E-state index is 0.667. The van der Waals surface area contributed by atoms with E-state index in [4.69, 9.17) is 10.00 Å². The van der Waals surface area contributed by atoms with Gasteiger partial charge in [-0.3, -0.25) is 0 Å². The van der Waals surface area contributed by atoms with E-state index in [1.165, 1.54) is 37.7 Å². The molecule has 0 atom stereocenters. The molecule has 0 amide bonds. The quantitative estimate of drug-likeness (QED) is 0.565. The summed E-state index contributed by atoms with van der Waals surface area (Å²) in [6.07, 6.45) is 8.09. The van der Waals surface area contributed by atoms with Gasteiger partial charge in [0.1, 0.15) is 0 Å². The van der Waals surface area contributed by atoms with Crippen LogP contribution in [0.1, 0.15) is 49.1 Å². The van der Waals surface area contributed by atoms with Gasteiger partial charge in [-0.05, 0) is 61.6 Å². The molecule has 2 heteroatoms. The summed E-state index contributed by atoms with van der Waals surface area (Å²) in [7, 11) is 0. The number of hydrogen-bond donors (Lipinski definition) is 0. The third-order valence-corrected chi connectivity index (χ3v) is 4.26. The van der Waals surface area contributed by atoms with Gasteiger partial charge in [0, 0.05) is 6.61 Å². The smallest absolute Gasteiger partial charge is 0.0991 e. The van der Waals surface area contributed by atoms with E-state index < -0.39 is 0 Å². The van der Waals surface area contributed by atoms with Crippen molar-refractivity contribution >= 4 is 0 Å². The highest BCUT2D eigenvalue weighted by atomic mass is 16.5. The fourth-order valence-corrected chi connectivity index (χ4v) is 3.03. The molecule has 0 aromatic heterocycles. The molecule has 0 heterocycles. The molecule has 1 fully saturated rings. The zero-order chi connectivity index (χ0) is 14.2. The van der Waals surface area contributed by atoms with Gasteiger partial charge < -0.3 is 4.74 Å². The first-order valence-electron chi connectivity index (χ1n) is 7.52. The van der Waals surface area contributed by atoms with Crippen molar-refractivity contribution in [3.63, 3.8) is 0 Å². The Labute approximate surface area is 122 Å². The molecule has 1 aromatic rings. The van der Waals surface area contributed by atoms with Crippen molar-refractivity contribution in [2.45, 2.75) is 38.0 Å². The summed E-state index contributed by atoms with van der Waals surface area (Å²) in [6, 6.07) is 10.3. The van der Waals surface area contributed by atoms with E-state index >= 15 is 0 Å². The van der Waals surface area contributed by atoms with Crippen molar-refractivity contribution in [1.82, 2.24) is 0 Å². The lowest BCUT2D eigenvalue weighted by molar-refractivity contribution is 0.135. The van der Waals surface area contributed by atoms with Gasteiger partial charge in [0.15, 0.2) is 0 Å². The van der Waals surface area contributed by atoms with Crippen LogP contribution in [-0.2, 0) is 4.74 Å². The summed E-state index contributed by atoms with van der Waals surface area (Å²) < 4.78 is 5.47. The van der Waals surface area contributed by atoms with Gasteiger partial charge >= 0.3 is 0 Å². The topological polar surface area (TPSA) is 33.0 Å². The molecule has 1 aliphatic carbocycles. The summed E-state index contributed by atoms with van der Waals surface area (Å²) >= 11 is 0. The van der Waals surface area contributed by atoms with Crippen molar-refractivity contribution in [3.8, 4) is 6.07 Å². The Morgan fingerprint density at radius 2 is 1.90 bits per heavy atom.